The normalized spacial score (nSPS) is 9.81. The van der Waals surface area contributed by atoms with Crippen molar-refractivity contribution in [3.8, 4) is 0 Å². The lowest BCUT2D eigenvalue weighted by Crippen LogP contribution is -2.30. The topological polar surface area (TPSA) is 113 Å². The molecule has 1 amide bonds. The summed E-state index contributed by atoms with van der Waals surface area (Å²) in [7, 11) is 0. The Morgan fingerprint density at radius 3 is 2.62 bits per heavy atom. The van der Waals surface area contributed by atoms with Gasteiger partial charge in [0.15, 0.2) is 0 Å². The van der Waals surface area contributed by atoms with E-state index in [2.05, 4.69) is 5.32 Å². The molecule has 0 aliphatic rings. The molecule has 0 spiro atoms. The van der Waals surface area contributed by atoms with E-state index < -0.39 is 18.4 Å². The second-order valence-corrected chi connectivity index (χ2v) is 3.15. The SMILES string of the molecule is Nc1ccc(C(=O)NCC(=O)O)c(CO)c1. The second kappa shape index (κ2) is 5.13. The van der Waals surface area contributed by atoms with Crippen LogP contribution in [0, 0.1) is 0 Å². The van der Waals surface area contributed by atoms with E-state index >= 15 is 0 Å². The maximum absolute atomic E-state index is 11.5. The molecule has 0 aliphatic carbocycles. The number of benzene rings is 1. The number of aliphatic hydroxyl groups is 1. The average molecular weight is 224 g/mol. The van der Waals surface area contributed by atoms with Crippen LogP contribution in [0.2, 0.25) is 0 Å². The summed E-state index contributed by atoms with van der Waals surface area (Å²) in [5, 5.41) is 19.6. The van der Waals surface area contributed by atoms with Crippen molar-refractivity contribution in [1.29, 1.82) is 0 Å². The number of hydrogen-bond acceptors (Lipinski definition) is 4. The number of amides is 1. The van der Waals surface area contributed by atoms with E-state index in [1.807, 2.05) is 0 Å². The van der Waals surface area contributed by atoms with Gasteiger partial charge in [0, 0.05) is 11.3 Å². The number of carboxylic acids is 1. The molecule has 0 fully saturated rings. The van der Waals surface area contributed by atoms with Crippen molar-refractivity contribution < 1.29 is 19.8 Å². The lowest BCUT2D eigenvalue weighted by atomic mass is 10.1. The average Bonchev–Trinajstić information content (AvgIpc) is 2.25. The van der Waals surface area contributed by atoms with Gasteiger partial charge in [0.2, 0.25) is 0 Å². The first-order valence-electron chi connectivity index (χ1n) is 4.54. The Balaban J connectivity index is 2.86. The van der Waals surface area contributed by atoms with Crippen molar-refractivity contribution >= 4 is 17.6 Å². The third-order valence-corrected chi connectivity index (χ3v) is 1.94. The first-order valence-corrected chi connectivity index (χ1v) is 4.54. The van der Waals surface area contributed by atoms with Gasteiger partial charge in [0.1, 0.15) is 6.54 Å². The molecule has 0 atom stereocenters. The number of nitrogens with one attached hydrogen (secondary N) is 1. The summed E-state index contributed by atoms with van der Waals surface area (Å²) in [6, 6.07) is 4.42. The van der Waals surface area contributed by atoms with E-state index in [1.165, 1.54) is 18.2 Å². The van der Waals surface area contributed by atoms with Crippen molar-refractivity contribution in [3.05, 3.63) is 29.3 Å². The summed E-state index contributed by atoms with van der Waals surface area (Å²) in [6.45, 7) is -0.797. The number of rotatable bonds is 4. The molecule has 0 saturated heterocycles. The number of nitrogen functional groups attached to an aromatic ring is 1. The maximum Gasteiger partial charge on any atom is 0.322 e. The number of carbonyl (C=O) groups is 2. The summed E-state index contributed by atoms with van der Waals surface area (Å²) in [5.74, 6) is -1.68. The minimum Gasteiger partial charge on any atom is -0.480 e. The van der Waals surface area contributed by atoms with Gasteiger partial charge in [0.25, 0.3) is 5.91 Å². The monoisotopic (exact) mass is 224 g/mol. The van der Waals surface area contributed by atoms with Crippen LogP contribution in [0.5, 0.6) is 0 Å². The van der Waals surface area contributed by atoms with Crippen LogP contribution in [-0.4, -0.2) is 28.6 Å². The first-order chi connectivity index (χ1) is 7.54. The molecule has 0 saturated carbocycles. The van der Waals surface area contributed by atoms with Crippen LogP contribution in [-0.2, 0) is 11.4 Å². The van der Waals surface area contributed by atoms with E-state index in [0.29, 0.717) is 11.3 Å². The minimum absolute atomic E-state index is 0.220. The van der Waals surface area contributed by atoms with Crippen LogP contribution >= 0.6 is 0 Å². The lowest BCUT2D eigenvalue weighted by molar-refractivity contribution is -0.135. The van der Waals surface area contributed by atoms with Crippen LogP contribution in [0.15, 0.2) is 18.2 Å². The zero-order valence-corrected chi connectivity index (χ0v) is 8.43. The molecule has 1 aromatic rings. The van der Waals surface area contributed by atoms with Crippen LogP contribution < -0.4 is 11.1 Å². The molecular weight excluding hydrogens is 212 g/mol. The number of aliphatic hydroxyl groups excluding tert-OH is 1. The predicted molar refractivity (Wildman–Crippen MR) is 56.7 cm³/mol. The fourth-order valence-corrected chi connectivity index (χ4v) is 1.22. The summed E-state index contributed by atoms with van der Waals surface area (Å²) in [6.07, 6.45) is 0. The Bertz CT molecular complexity index is 417. The van der Waals surface area contributed by atoms with E-state index in [9.17, 15) is 9.59 Å². The number of aliphatic carboxylic acids is 1. The minimum atomic E-state index is -1.13. The number of hydrogen-bond donors (Lipinski definition) is 4. The quantitative estimate of drug-likeness (QED) is 0.518. The Hall–Kier alpha value is -2.08. The number of nitrogens with two attached hydrogens (primary N) is 1. The largest absolute Gasteiger partial charge is 0.480 e. The van der Waals surface area contributed by atoms with Crippen molar-refractivity contribution in [1.82, 2.24) is 5.32 Å². The Labute approximate surface area is 91.7 Å². The van der Waals surface area contributed by atoms with Crippen molar-refractivity contribution in [2.75, 3.05) is 12.3 Å². The molecule has 1 rings (SSSR count). The summed E-state index contributed by atoms with van der Waals surface area (Å²) in [4.78, 5) is 21.8. The standard InChI is InChI=1S/C10H12N2O4/c11-7-1-2-8(6(3-7)5-13)10(16)12-4-9(14)15/h1-3,13H,4-5,11H2,(H,12,16)(H,14,15). The molecule has 0 aromatic heterocycles. The smallest absolute Gasteiger partial charge is 0.322 e. The highest BCUT2D eigenvalue weighted by Gasteiger charge is 2.11. The molecular formula is C10H12N2O4. The molecule has 0 aliphatic heterocycles. The molecule has 6 nitrogen and oxygen atoms in total. The number of carboxylic acid groups (broad SMARTS) is 1. The molecule has 16 heavy (non-hydrogen) atoms. The second-order valence-electron chi connectivity index (χ2n) is 3.15. The maximum atomic E-state index is 11.5. The summed E-state index contributed by atoms with van der Waals surface area (Å²) in [5.41, 5.74) is 6.50. The molecule has 0 bridgehead atoms. The Morgan fingerprint density at radius 2 is 2.06 bits per heavy atom. The molecule has 0 radical (unpaired) electrons. The van der Waals surface area contributed by atoms with Gasteiger partial charge in [-0.2, -0.15) is 0 Å². The first kappa shape index (κ1) is 12.0. The van der Waals surface area contributed by atoms with Gasteiger partial charge < -0.3 is 21.3 Å². The van der Waals surface area contributed by atoms with Gasteiger partial charge in [-0.1, -0.05) is 0 Å². The van der Waals surface area contributed by atoms with E-state index in [0.717, 1.165) is 0 Å². The number of anilines is 1. The molecule has 5 N–H and O–H groups in total. The predicted octanol–water partition coefficient (Wildman–Crippen LogP) is -0.425. The summed E-state index contributed by atoms with van der Waals surface area (Å²) >= 11 is 0. The molecule has 86 valence electrons. The van der Waals surface area contributed by atoms with Crippen LogP contribution in [0.25, 0.3) is 0 Å². The molecule has 0 unspecified atom stereocenters. The van der Waals surface area contributed by atoms with Gasteiger partial charge >= 0.3 is 5.97 Å². The third kappa shape index (κ3) is 2.96. The van der Waals surface area contributed by atoms with Gasteiger partial charge in [-0.15, -0.1) is 0 Å². The zero-order valence-electron chi connectivity index (χ0n) is 8.43. The molecule has 1 aromatic carbocycles. The van der Waals surface area contributed by atoms with Gasteiger partial charge in [0.05, 0.1) is 6.61 Å². The van der Waals surface area contributed by atoms with E-state index in [-0.39, 0.29) is 12.2 Å². The van der Waals surface area contributed by atoms with E-state index in [1.54, 1.807) is 0 Å². The van der Waals surface area contributed by atoms with Gasteiger partial charge in [-0.05, 0) is 23.8 Å². The fourth-order valence-electron chi connectivity index (χ4n) is 1.22. The fraction of sp³-hybridized carbons (Fsp3) is 0.200. The van der Waals surface area contributed by atoms with Gasteiger partial charge in [-0.3, -0.25) is 9.59 Å². The highest BCUT2D eigenvalue weighted by Crippen LogP contribution is 2.13. The zero-order chi connectivity index (χ0) is 12.1. The number of carbonyl (C=O) groups excluding carboxylic acids is 1. The molecule has 0 heterocycles. The molecule has 6 heteroatoms. The summed E-state index contributed by atoms with van der Waals surface area (Å²) < 4.78 is 0. The Kier molecular flexibility index (Phi) is 3.84. The van der Waals surface area contributed by atoms with Crippen LogP contribution in [0.1, 0.15) is 15.9 Å². The van der Waals surface area contributed by atoms with Crippen molar-refractivity contribution in [2.24, 2.45) is 0 Å². The van der Waals surface area contributed by atoms with Crippen molar-refractivity contribution in [3.63, 3.8) is 0 Å². The van der Waals surface area contributed by atoms with E-state index in [4.69, 9.17) is 15.9 Å². The lowest BCUT2D eigenvalue weighted by Gasteiger charge is -2.07. The highest BCUT2D eigenvalue weighted by atomic mass is 16.4. The van der Waals surface area contributed by atoms with Gasteiger partial charge in [-0.25, -0.2) is 0 Å². The third-order valence-electron chi connectivity index (χ3n) is 1.94. The van der Waals surface area contributed by atoms with Crippen LogP contribution in [0.3, 0.4) is 0 Å². The van der Waals surface area contributed by atoms with Crippen molar-refractivity contribution in [2.45, 2.75) is 6.61 Å². The highest BCUT2D eigenvalue weighted by molar-refractivity contribution is 5.97. The Morgan fingerprint density at radius 1 is 1.38 bits per heavy atom. The van der Waals surface area contributed by atoms with Crippen LogP contribution in [0.4, 0.5) is 5.69 Å².